The number of aromatic nitrogens is 7. The zero-order chi connectivity index (χ0) is 18.4. The summed E-state index contributed by atoms with van der Waals surface area (Å²) in [6, 6.07) is 3.91. The average molecular weight is 378 g/mol. The van der Waals surface area contributed by atoms with Crippen molar-refractivity contribution in [1.29, 1.82) is 0 Å². The number of aromatic amines is 1. The molecule has 0 aliphatic carbocycles. The fraction of sp³-hybridized carbons (Fsp3) is 0.176. The van der Waals surface area contributed by atoms with E-state index in [9.17, 15) is 4.79 Å². The molecule has 0 saturated heterocycles. The molecule has 4 aromatic heterocycles. The number of H-pyrrole nitrogens is 1. The molecule has 1 amide bonds. The Labute approximate surface area is 157 Å². The molecule has 9 nitrogen and oxygen atoms in total. The molecule has 0 spiro atoms. The minimum atomic E-state index is -0.0799. The van der Waals surface area contributed by atoms with Crippen LogP contribution in [0.15, 0.2) is 37.2 Å². The molecule has 1 aliphatic heterocycles. The van der Waals surface area contributed by atoms with Gasteiger partial charge in [0.2, 0.25) is 5.91 Å². The smallest absolute Gasteiger partial charge is 0.235 e. The standard InChI is InChI=1S/C17H14N8OS/c1-9-12-14(10-3-2-4-18-5-10)27-6-11(26)23-16(12)25(24-9)17-13-15(20-7-19-13)21-8-22-17/h2-5,7-8,14H,6H2,1H3,(H,23,26)(H,19,20,21,22)/t14-/m0/s1. The van der Waals surface area contributed by atoms with E-state index in [4.69, 9.17) is 0 Å². The number of thioether (sulfide) groups is 1. The van der Waals surface area contributed by atoms with Gasteiger partial charge in [-0.3, -0.25) is 9.78 Å². The number of aryl methyl sites for hydroxylation is 1. The first-order valence-corrected chi connectivity index (χ1v) is 9.32. The van der Waals surface area contributed by atoms with Crippen LogP contribution in [0.4, 0.5) is 5.82 Å². The van der Waals surface area contributed by atoms with E-state index >= 15 is 0 Å². The molecule has 2 N–H and O–H groups in total. The molecule has 0 saturated carbocycles. The molecule has 5 rings (SSSR count). The Hall–Kier alpha value is -3.27. The van der Waals surface area contributed by atoms with Gasteiger partial charge < -0.3 is 10.3 Å². The minimum Gasteiger partial charge on any atom is -0.340 e. The minimum absolute atomic E-state index is 0.0551. The summed E-state index contributed by atoms with van der Waals surface area (Å²) in [5, 5.41) is 7.61. The van der Waals surface area contributed by atoms with Gasteiger partial charge in [-0.15, -0.1) is 11.8 Å². The van der Waals surface area contributed by atoms with Gasteiger partial charge in [-0.2, -0.15) is 9.78 Å². The molecular formula is C17H14N8OS. The summed E-state index contributed by atoms with van der Waals surface area (Å²) in [7, 11) is 0. The fourth-order valence-corrected chi connectivity index (χ4v) is 4.42. The Bertz CT molecular complexity index is 1150. The molecule has 0 unspecified atom stereocenters. The van der Waals surface area contributed by atoms with Crippen LogP contribution >= 0.6 is 11.8 Å². The van der Waals surface area contributed by atoms with Gasteiger partial charge >= 0.3 is 0 Å². The maximum Gasteiger partial charge on any atom is 0.235 e. The summed E-state index contributed by atoms with van der Waals surface area (Å²) in [6.07, 6.45) is 6.56. The zero-order valence-electron chi connectivity index (χ0n) is 14.2. The second kappa shape index (κ2) is 6.16. The second-order valence-electron chi connectivity index (χ2n) is 6.08. The summed E-state index contributed by atoms with van der Waals surface area (Å²) >= 11 is 1.56. The first-order valence-electron chi connectivity index (χ1n) is 8.27. The van der Waals surface area contributed by atoms with E-state index in [1.54, 1.807) is 29.0 Å². The monoisotopic (exact) mass is 378 g/mol. The van der Waals surface area contributed by atoms with Gasteiger partial charge in [0, 0.05) is 18.0 Å². The van der Waals surface area contributed by atoms with Gasteiger partial charge in [-0.25, -0.2) is 15.0 Å². The summed E-state index contributed by atoms with van der Waals surface area (Å²) in [6.45, 7) is 1.93. The number of hydrogen-bond acceptors (Lipinski definition) is 7. The van der Waals surface area contributed by atoms with Crippen LogP contribution in [0.5, 0.6) is 0 Å². The molecule has 10 heteroatoms. The zero-order valence-corrected chi connectivity index (χ0v) is 15.1. The van der Waals surface area contributed by atoms with Crippen molar-refractivity contribution in [2.24, 2.45) is 0 Å². The lowest BCUT2D eigenvalue weighted by molar-refractivity contribution is -0.113. The quantitative estimate of drug-likeness (QED) is 0.548. The predicted molar refractivity (Wildman–Crippen MR) is 101 cm³/mol. The molecule has 0 fully saturated rings. The maximum absolute atomic E-state index is 12.4. The van der Waals surface area contributed by atoms with Crippen molar-refractivity contribution in [1.82, 2.24) is 34.7 Å². The van der Waals surface area contributed by atoms with E-state index in [0.29, 0.717) is 28.6 Å². The van der Waals surface area contributed by atoms with Crippen molar-refractivity contribution in [2.45, 2.75) is 12.2 Å². The third-order valence-corrected chi connectivity index (χ3v) is 5.67. The van der Waals surface area contributed by atoms with Crippen LogP contribution in [0.1, 0.15) is 22.1 Å². The molecule has 1 aliphatic rings. The average Bonchev–Trinajstić information content (AvgIpc) is 3.23. The topological polar surface area (TPSA) is 114 Å². The number of carbonyl (C=O) groups excluding carboxylic acids is 1. The number of nitrogens with zero attached hydrogens (tertiary/aromatic N) is 6. The molecule has 1 atom stereocenters. The molecular weight excluding hydrogens is 364 g/mol. The first kappa shape index (κ1) is 15.9. The highest BCUT2D eigenvalue weighted by Crippen LogP contribution is 2.43. The van der Waals surface area contributed by atoms with Crippen LogP contribution in [0.25, 0.3) is 17.0 Å². The van der Waals surface area contributed by atoms with Crippen LogP contribution in [0.2, 0.25) is 0 Å². The third-order valence-electron chi connectivity index (χ3n) is 4.40. The lowest BCUT2D eigenvalue weighted by atomic mass is 10.1. The Morgan fingerprint density at radius 2 is 2.22 bits per heavy atom. The first-order chi connectivity index (χ1) is 13.2. The molecule has 0 radical (unpaired) electrons. The van der Waals surface area contributed by atoms with Gasteiger partial charge in [0.25, 0.3) is 0 Å². The Morgan fingerprint density at radius 3 is 3.07 bits per heavy atom. The SMILES string of the molecule is Cc1nn(-c2ncnc3nc[nH]c23)c2c1[C@H](c1cccnc1)SCC(=O)N2. The normalized spacial score (nSPS) is 16.8. The van der Waals surface area contributed by atoms with E-state index in [0.717, 1.165) is 16.8 Å². The Balaban J connectivity index is 1.75. The number of carbonyl (C=O) groups is 1. The van der Waals surface area contributed by atoms with Crippen molar-refractivity contribution >= 4 is 34.7 Å². The van der Waals surface area contributed by atoms with Crippen molar-refractivity contribution in [3.8, 4) is 5.82 Å². The van der Waals surface area contributed by atoms with Crippen LogP contribution in [0.3, 0.4) is 0 Å². The van der Waals surface area contributed by atoms with Crippen LogP contribution < -0.4 is 5.32 Å². The number of fused-ring (bicyclic) bond motifs is 2. The van der Waals surface area contributed by atoms with E-state index in [2.05, 4.69) is 35.3 Å². The highest BCUT2D eigenvalue weighted by molar-refractivity contribution is 8.00. The van der Waals surface area contributed by atoms with E-state index in [-0.39, 0.29) is 11.2 Å². The third kappa shape index (κ3) is 2.56. The molecule has 5 heterocycles. The summed E-state index contributed by atoms with van der Waals surface area (Å²) in [4.78, 5) is 32.4. The predicted octanol–water partition coefficient (Wildman–Crippen LogP) is 2.02. The van der Waals surface area contributed by atoms with Crippen molar-refractivity contribution in [2.75, 3.05) is 11.1 Å². The van der Waals surface area contributed by atoms with E-state index in [1.165, 1.54) is 6.33 Å². The lowest BCUT2D eigenvalue weighted by Crippen LogP contribution is -2.16. The van der Waals surface area contributed by atoms with Crippen molar-refractivity contribution in [3.05, 3.63) is 54.0 Å². The maximum atomic E-state index is 12.4. The van der Waals surface area contributed by atoms with Crippen molar-refractivity contribution < 1.29 is 4.79 Å². The van der Waals surface area contributed by atoms with Crippen LogP contribution in [-0.2, 0) is 4.79 Å². The second-order valence-corrected chi connectivity index (χ2v) is 7.18. The Morgan fingerprint density at radius 1 is 1.30 bits per heavy atom. The highest BCUT2D eigenvalue weighted by atomic mass is 32.2. The number of anilines is 1. The number of amides is 1. The molecule has 0 aromatic carbocycles. The van der Waals surface area contributed by atoms with Gasteiger partial charge in [-0.1, -0.05) is 6.07 Å². The number of rotatable bonds is 2. The molecule has 0 bridgehead atoms. The number of pyridine rings is 1. The van der Waals surface area contributed by atoms with E-state index < -0.39 is 0 Å². The Kier molecular flexibility index (Phi) is 3.64. The van der Waals surface area contributed by atoms with Gasteiger partial charge in [-0.05, 0) is 18.6 Å². The molecule has 134 valence electrons. The van der Waals surface area contributed by atoms with Crippen LogP contribution in [-0.4, -0.2) is 46.4 Å². The molecule has 27 heavy (non-hydrogen) atoms. The summed E-state index contributed by atoms with van der Waals surface area (Å²) < 4.78 is 1.65. The van der Waals surface area contributed by atoms with Gasteiger partial charge in [0.05, 0.1) is 23.0 Å². The number of imidazole rings is 1. The van der Waals surface area contributed by atoms with E-state index in [1.807, 2.05) is 25.3 Å². The number of nitrogens with one attached hydrogen (secondary N) is 2. The largest absolute Gasteiger partial charge is 0.340 e. The summed E-state index contributed by atoms with van der Waals surface area (Å²) in [5.41, 5.74) is 3.99. The summed E-state index contributed by atoms with van der Waals surface area (Å²) in [5.74, 6) is 1.42. The van der Waals surface area contributed by atoms with Gasteiger partial charge in [0.1, 0.15) is 17.7 Å². The highest BCUT2D eigenvalue weighted by Gasteiger charge is 2.31. The molecule has 4 aromatic rings. The van der Waals surface area contributed by atoms with Crippen molar-refractivity contribution in [3.63, 3.8) is 0 Å². The fourth-order valence-electron chi connectivity index (χ4n) is 3.24. The number of hydrogen-bond donors (Lipinski definition) is 2. The lowest BCUT2D eigenvalue weighted by Gasteiger charge is -2.14. The van der Waals surface area contributed by atoms with Crippen LogP contribution in [0, 0.1) is 6.92 Å². The van der Waals surface area contributed by atoms with Gasteiger partial charge in [0.15, 0.2) is 11.5 Å².